The van der Waals surface area contributed by atoms with E-state index in [1.54, 1.807) is 18.4 Å². The van der Waals surface area contributed by atoms with Crippen molar-refractivity contribution in [1.29, 1.82) is 0 Å². The molecule has 1 saturated heterocycles. The van der Waals surface area contributed by atoms with Crippen LogP contribution in [0.25, 0.3) is 0 Å². The maximum Gasteiger partial charge on any atom is 0.242 e. The maximum absolute atomic E-state index is 13.6. The molecule has 6 heteroatoms. The van der Waals surface area contributed by atoms with Gasteiger partial charge in [0.2, 0.25) is 5.91 Å². The second-order valence-electron chi connectivity index (χ2n) is 5.83. The molecule has 128 valence electrons. The topological polar surface area (TPSA) is 54.7 Å². The number of carbonyl (C=O) groups is 1. The fraction of sp³-hybridized carbons (Fsp3) is 0.389. The van der Waals surface area contributed by atoms with Crippen molar-refractivity contribution < 1.29 is 18.3 Å². The Morgan fingerprint density at radius 3 is 2.79 bits per heavy atom. The Kier molecular flexibility index (Phi) is 5.27. The summed E-state index contributed by atoms with van der Waals surface area (Å²) in [6.07, 6.45) is 1.60. The molecule has 1 aliphatic rings. The van der Waals surface area contributed by atoms with Crippen LogP contribution >= 0.6 is 0 Å². The van der Waals surface area contributed by atoms with Crippen LogP contribution in [0, 0.1) is 12.7 Å². The molecule has 5 nitrogen and oxygen atoms in total. The van der Waals surface area contributed by atoms with Crippen molar-refractivity contribution >= 4 is 5.91 Å². The van der Waals surface area contributed by atoms with Crippen molar-refractivity contribution in [2.45, 2.75) is 19.5 Å². The van der Waals surface area contributed by atoms with E-state index in [4.69, 9.17) is 9.15 Å². The predicted molar refractivity (Wildman–Crippen MR) is 86.8 cm³/mol. The Morgan fingerprint density at radius 1 is 1.33 bits per heavy atom. The summed E-state index contributed by atoms with van der Waals surface area (Å²) in [6, 6.07) is 7.52. The Hall–Kier alpha value is -2.18. The molecule has 0 spiro atoms. The van der Waals surface area contributed by atoms with Crippen LogP contribution in [0.4, 0.5) is 4.39 Å². The van der Waals surface area contributed by atoms with Crippen LogP contribution < -0.4 is 5.32 Å². The van der Waals surface area contributed by atoms with Crippen molar-refractivity contribution in [2.75, 3.05) is 26.3 Å². The number of furan rings is 1. The molecule has 0 radical (unpaired) electrons. The summed E-state index contributed by atoms with van der Waals surface area (Å²) in [5.41, 5.74) is 1.58. The number of aryl methyl sites for hydroxylation is 1. The third-order valence-electron chi connectivity index (χ3n) is 4.24. The highest BCUT2D eigenvalue weighted by atomic mass is 19.1. The zero-order chi connectivity index (χ0) is 16.9. The van der Waals surface area contributed by atoms with Gasteiger partial charge in [-0.25, -0.2) is 4.39 Å². The third kappa shape index (κ3) is 3.83. The highest BCUT2D eigenvalue weighted by Gasteiger charge is 2.29. The summed E-state index contributed by atoms with van der Waals surface area (Å²) in [4.78, 5) is 14.8. The van der Waals surface area contributed by atoms with Gasteiger partial charge < -0.3 is 14.5 Å². The van der Waals surface area contributed by atoms with E-state index in [0.29, 0.717) is 38.4 Å². The number of morpholine rings is 1. The van der Waals surface area contributed by atoms with Crippen LogP contribution in [-0.4, -0.2) is 37.1 Å². The number of hydrogen-bond acceptors (Lipinski definition) is 4. The van der Waals surface area contributed by atoms with Crippen molar-refractivity contribution in [2.24, 2.45) is 0 Å². The van der Waals surface area contributed by atoms with Crippen LogP contribution in [0.5, 0.6) is 0 Å². The lowest BCUT2D eigenvalue weighted by molar-refractivity contribution is -0.128. The lowest BCUT2D eigenvalue weighted by Crippen LogP contribution is -2.45. The zero-order valence-electron chi connectivity index (χ0n) is 13.6. The van der Waals surface area contributed by atoms with E-state index in [1.807, 2.05) is 17.9 Å². The summed E-state index contributed by atoms with van der Waals surface area (Å²) in [6.45, 7) is 4.66. The first kappa shape index (κ1) is 16.7. The summed E-state index contributed by atoms with van der Waals surface area (Å²) >= 11 is 0. The van der Waals surface area contributed by atoms with Gasteiger partial charge in [-0.05, 0) is 30.7 Å². The molecule has 1 amide bonds. The molecule has 0 unspecified atom stereocenters. The van der Waals surface area contributed by atoms with Crippen LogP contribution in [0.3, 0.4) is 0 Å². The second kappa shape index (κ2) is 7.59. The van der Waals surface area contributed by atoms with Crippen molar-refractivity contribution in [3.8, 4) is 0 Å². The van der Waals surface area contributed by atoms with Gasteiger partial charge in [0, 0.05) is 25.2 Å². The highest BCUT2D eigenvalue weighted by molar-refractivity contribution is 5.83. The molecule has 1 fully saturated rings. The third-order valence-corrected chi connectivity index (χ3v) is 4.24. The molecular weight excluding hydrogens is 311 g/mol. The van der Waals surface area contributed by atoms with Gasteiger partial charge in [0.15, 0.2) is 0 Å². The molecule has 1 aliphatic heterocycles. The number of nitrogens with zero attached hydrogens (tertiary/aromatic N) is 1. The number of halogens is 1. The van der Waals surface area contributed by atoms with Crippen LogP contribution in [0.2, 0.25) is 0 Å². The van der Waals surface area contributed by atoms with E-state index in [1.165, 1.54) is 12.1 Å². The van der Waals surface area contributed by atoms with Gasteiger partial charge in [-0.3, -0.25) is 9.69 Å². The average Bonchev–Trinajstić information content (AvgIpc) is 2.99. The number of amides is 1. The summed E-state index contributed by atoms with van der Waals surface area (Å²) in [5, 5.41) is 2.94. The monoisotopic (exact) mass is 332 g/mol. The van der Waals surface area contributed by atoms with E-state index in [0.717, 1.165) is 11.3 Å². The van der Waals surface area contributed by atoms with Gasteiger partial charge in [0.25, 0.3) is 0 Å². The largest absolute Gasteiger partial charge is 0.469 e. The van der Waals surface area contributed by atoms with Gasteiger partial charge in [-0.1, -0.05) is 12.1 Å². The Balaban J connectivity index is 1.78. The SMILES string of the molecule is Cc1occc1CNC(=O)[C@@H](c1cccc(F)c1)N1CCOCC1. The maximum atomic E-state index is 13.6. The average molecular weight is 332 g/mol. The van der Waals surface area contributed by atoms with Gasteiger partial charge in [-0.15, -0.1) is 0 Å². The molecule has 3 rings (SSSR count). The minimum Gasteiger partial charge on any atom is -0.469 e. The number of rotatable bonds is 5. The second-order valence-corrected chi connectivity index (χ2v) is 5.83. The highest BCUT2D eigenvalue weighted by Crippen LogP contribution is 2.23. The molecule has 2 heterocycles. The van der Waals surface area contributed by atoms with E-state index >= 15 is 0 Å². The van der Waals surface area contributed by atoms with E-state index in [2.05, 4.69) is 5.32 Å². The standard InChI is InChI=1S/C18H21FN2O3/c1-13-15(5-8-24-13)12-20-18(22)17(21-6-9-23-10-7-21)14-3-2-4-16(19)11-14/h2-5,8,11,17H,6-7,9-10,12H2,1H3,(H,20,22)/t17-/m1/s1. The minimum atomic E-state index is -0.531. The lowest BCUT2D eigenvalue weighted by atomic mass is 10.0. The number of nitrogens with one attached hydrogen (secondary N) is 1. The van der Waals surface area contributed by atoms with Crippen molar-refractivity contribution in [1.82, 2.24) is 10.2 Å². The van der Waals surface area contributed by atoms with E-state index in [-0.39, 0.29) is 11.7 Å². The van der Waals surface area contributed by atoms with E-state index < -0.39 is 6.04 Å². The predicted octanol–water partition coefficient (Wildman–Crippen LogP) is 2.42. The fourth-order valence-corrected chi connectivity index (χ4v) is 2.91. The quantitative estimate of drug-likeness (QED) is 0.914. The molecule has 1 aromatic carbocycles. The first-order valence-corrected chi connectivity index (χ1v) is 8.03. The number of hydrogen-bond donors (Lipinski definition) is 1. The number of ether oxygens (including phenoxy) is 1. The van der Waals surface area contributed by atoms with Gasteiger partial charge in [0.1, 0.15) is 17.6 Å². The zero-order valence-corrected chi connectivity index (χ0v) is 13.6. The normalized spacial score (nSPS) is 16.8. The van der Waals surface area contributed by atoms with E-state index in [9.17, 15) is 9.18 Å². The first-order chi connectivity index (χ1) is 11.6. The first-order valence-electron chi connectivity index (χ1n) is 8.03. The molecule has 0 aliphatic carbocycles. The van der Waals surface area contributed by atoms with Crippen LogP contribution in [0.1, 0.15) is 22.9 Å². The van der Waals surface area contributed by atoms with Gasteiger partial charge in [-0.2, -0.15) is 0 Å². The molecule has 1 N–H and O–H groups in total. The Morgan fingerprint density at radius 2 is 2.12 bits per heavy atom. The summed E-state index contributed by atoms with van der Waals surface area (Å²) in [7, 11) is 0. The molecule has 2 aromatic rings. The van der Waals surface area contributed by atoms with Gasteiger partial charge >= 0.3 is 0 Å². The molecule has 1 atom stereocenters. The Labute approximate surface area is 140 Å². The van der Waals surface area contributed by atoms with Crippen molar-refractivity contribution in [3.63, 3.8) is 0 Å². The molecule has 1 aromatic heterocycles. The molecule has 0 saturated carbocycles. The summed E-state index contributed by atoms with van der Waals surface area (Å²) in [5.74, 6) is 0.288. The number of benzene rings is 1. The van der Waals surface area contributed by atoms with Crippen molar-refractivity contribution in [3.05, 3.63) is 59.3 Å². The summed E-state index contributed by atoms with van der Waals surface area (Å²) < 4.78 is 24.2. The van der Waals surface area contributed by atoms with Gasteiger partial charge in [0.05, 0.1) is 19.5 Å². The molecular formula is C18H21FN2O3. The van der Waals surface area contributed by atoms with Crippen LogP contribution in [-0.2, 0) is 16.1 Å². The lowest BCUT2D eigenvalue weighted by Gasteiger charge is -2.33. The Bertz CT molecular complexity index is 695. The fourth-order valence-electron chi connectivity index (χ4n) is 2.91. The number of carbonyl (C=O) groups excluding carboxylic acids is 1. The smallest absolute Gasteiger partial charge is 0.242 e. The van der Waals surface area contributed by atoms with Crippen LogP contribution in [0.15, 0.2) is 41.0 Å². The minimum absolute atomic E-state index is 0.150. The molecule has 24 heavy (non-hydrogen) atoms. The molecule has 0 bridgehead atoms.